The van der Waals surface area contributed by atoms with Crippen LogP contribution in [-0.2, 0) is 4.79 Å². The van der Waals surface area contributed by atoms with Gasteiger partial charge in [-0.15, -0.1) is 0 Å². The number of hydrogen-bond donors (Lipinski definition) is 2. The average molecular weight is 294 g/mol. The van der Waals surface area contributed by atoms with E-state index in [1.807, 2.05) is 0 Å². The van der Waals surface area contributed by atoms with Crippen molar-refractivity contribution in [1.82, 2.24) is 10.6 Å². The van der Waals surface area contributed by atoms with E-state index in [1.165, 1.54) is 0 Å². The number of carbonyl (C=O) groups excluding carboxylic acids is 1. The standard InChI is InChI=1S/C14H25F3N2O/c1-12(2)5-10(6-13(3,4)8-12)19-11(20)7-18-9-14(15,16)17/h10,18H,5-9H2,1-4H3,(H,19,20). The van der Waals surface area contributed by atoms with Gasteiger partial charge in [-0.3, -0.25) is 4.79 Å². The number of amides is 1. The highest BCUT2D eigenvalue weighted by molar-refractivity contribution is 5.78. The number of rotatable bonds is 4. The maximum atomic E-state index is 12.0. The molecule has 1 fully saturated rings. The quantitative estimate of drug-likeness (QED) is 0.837. The van der Waals surface area contributed by atoms with Crippen LogP contribution >= 0.6 is 0 Å². The number of alkyl halides is 3. The SMILES string of the molecule is CC1(C)CC(NC(=O)CNCC(F)(F)F)CC(C)(C)C1. The van der Waals surface area contributed by atoms with Crippen molar-refractivity contribution in [2.75, 3.05) is 13.1 Å². The molecular weight excluding hydrogens is 269 g/mol. The second-order valence-corrected chi connectivity index (χ2v) is 7.40. The Bertz CT molecular complexity index is 335. The molecule has 0 radical (unpaired) electrons. The van der Waals surface area contributed by atoms with Crippen molar-refractivity contribution in [2.24, 2.45) is 10.8 Å². The molecule has 0 aromatic heterocycles. The van der Waals surface area contributed by atoms with Gasteiger partial charge in [-0.25, -0.2) is 0 Å². The summed E-state index contributed by atoms with van der Waals surface area (Å²) in [5.74, 6) is -0.368. The molecule has 0 saturated heterocycles. The predicted octanol–water partition coefficient (Wildman–Crippen LogP) is 2.86. The Morgan fingerprint density at radius 1 is 1.15 bits per heavy atom. The van der Waals surface area contributed by atoms with Gasteiger partial charge in [-0.2, -0.15) is 13.2 Å². The minimum absolute atomic E-state index is 0.0361. The largest absolute Gasteiger partial charge is 0.401 e. The van der Waals surface area contributed by atoms with Crippen LogP contribution in [0.4, 0.5) is 13.2 Å². The molecule has 1 aliphatic carbocycles. The molecule has 0 aromatic carbocycles. The highest BCUT2D eigenvalue weighted by atomic mass is 19.4. The summed E-state index contributed by atoms with van der Waals surface area (Å²) in [6, 6.07) is 0.0361. The summed E-state index contributed by atoms with van der Waals surface area (Å²) in [5, 5.41) is 4.97. The molecule has 0 aliphatic heterocycles. The number of hydrogen-bond acceptors (Lipinski definition) is 2. The Hall–Kier alpha value is -0.780. The van der Waals surface area contributed by atoms with Gasteiger partial charge in [0.25, 0.3) is 0 Å². The highest BCUT2D eigenvalue weighted by Gasteiger charge is 2.38. The summed E-state index contributed by atoms with van der Waals surface area (Å²) in [5.41, 5.74) is 0.276. The lowest BCUT2D eigenvalue weighted by Crippen LogP contribution is -2.48. The van der Waals surface area contributed by atoms with E-state index in [2.05, 4.69) is 38.3 Å². The van der Waals surface area contributed by atoms with E-state index in [9.17, 15) is 18.0 Å². The van der Waals surface area contributed by atoms with Crippen LogP contribution in [0.5, 0.6) is 0 Å². The Morgan fingerprint density at radius 3 is 2.10 bits per heavy atom. The van der Waals surface area contributed by atoms with Crippen LogP contribution < -0.4 is 10.6 Å². The zero-order valence-electron chi connectivity index (χ0n) is 12.7. The first-order valence-corrected chi connectivity index (χ1v) is 6.95. The molecule has 0 unspecified atom stereocenters. The lowest BCUT2D eigenvalue weighted by atomic mass is 9.63. The van der Waals surface area contributed by atoms with Gasteiger partial charge in [-0.05, 0) is 30.1 Å². The molecule has 1 rings (SSSR count). The van der Waals surface area contributed by atoms with Crippen molar-refractivity contribution in [2.45, 2.75) is 59.2 Å². The molecule has 0 spiro atoms. The van der Waals surface area contributed by atoms with Gasteiger partial charge in [0.2, 0.25) is 5.91 Å². The molecular formula is C14H25F3N2O. The molecule has 1 aliphatic rings. The molecule has 0 heterocycles. The minimum Gasteiger partial charge on any atom is -0.352 e. The average Bonchev–Trinajstić information content (AvgIpc) is 2.08. The van der Waals surface area contributed by atoms with Crippen molar-refractivity contribution in [1.29, 1.82) is 0 Å². The third-order valence-electron chi connectivity index (χ3n) is 3.53. The third kappa shape index (κ3) is 6.59. The fourth-order valence-electron chi connectivity index (χ4n) is 3.54. The van der Waals surface area contributed by atoms with E-state index in [1.54, 1.807) is 0 Å². The van der Waals surface area contributed by atoms with Crippen LogP contribution in [0.3, 0.4) is 0 Å². The Balaban J connectivity index is 2.41. The lowest BCUT2D eigenvalue weighted by Gasteiger charge is -2.45. The van der Waals surface area contributed by atoms with E-state index in [0.29, 0.717) is 0 Å². The first kappa shape index (κ1) is 17.3. The molecule has 20 heavy (non-hydrogen) atoms. The second kappa shape index (κ2) is 5.92. The van der Waals surface area contributed by atoms with Crippen molar-refractivity contribution < 1.29 is 18.0 Å². The van der Waals surface area contributed by atoms with Gasteiger partial charge in [0.15, 0.2) is 0 Å². The van der Waals surface area contributed by atoms with Gasteiger partial charge in [-0.1, -0.05) is 27.7 Å². The highest BCUT2D eigenvalue weighted by Crippen LogP contribution is 2.45. The first-order valence-electron chi connectivity index (χ1n) is 6.95. The monoisotopic (exact) mass is 294 g/mol. The summed E-state index contributed by atoms with van der Waals surface area (Å²) in [6.45, 7) is 7.22. The molecule has 1 saturated carbocycles. The van der Waals surface area contributed by atoms with Crippen molar-refractivity contribution in [3.05, 3.63) is 0 Å². The maximum Gasteiger partial charge on any atom is 0.401 e. The summed E-state index contributed by atoms with van der Waals surface area (Å²) < 4.78 is 35.9. The van der Waals surface area contributed by atoms with Crippen molar-refractivity contribution in [3.8, 4) is 0 Å². The molecule has 0 atom stereocenters. The van der Waals surface area contributed by atoms with Crippen LogP contribution in [0.25, 0.3) is 0 Å². The summed E-state index contributed by atoms with van der Waals surface area (Å²) in [6.07, 6.45) is -1.48. The maximum absolute atomic E-state index is 12.0. The van der Waals surface area contributed by atoms with E-state index in [4.69, 9.17) is 0 Å². The third-order valence-corrected chi connectivity index (χ3v) is 3.53. The minimum atomic E-state index is -4.28. The molecule has 118 valence electrons. The van der Waals surface area contributed by atoms with Crippen molar-refractivity contribution >= 4 is 5.91 Å². The van der Waals surface area contributed by atoms with E-state index >= 15 is 0 Å². The first-order chi connectivity index (χ1) is 8.89. The van der Waals surface area contributed by atoms with Gasteiger partial charge in [0, 0.05) is 6.04 Å². The Labute approximate surface area is 118 Å². The van der Waals surface area contributed by atoms with Crippen LogP contribution in [0.2, 0.25) is 0 Å². The molecule has 1 amide bonds. The van der Waals surface area contributed by atoms with Gasteiger partial charge >= 0.3 is 6.18 Å². The number of carbonyl (C=O) groups is 1. The van der Waals surface area contributed by atoms with Crippen LogP contribution in [-0.4, -0.2) is 31.2 Å². The summed E-state index contributed by atoms with van der Waals surface area (Å²) in [4.78, 5) is 11.7. The molecule has 0 bridgehead atoms. The van der Waals surface area contributed by atoms with Crippen LogP contribution in [0, 0.1) is 10.8 Å². The number of halogens is 3. The van der Waals surface area contributed by atoms with E-state index in [0.717, 1.165) is 19.3 Å². The number of nitrogens with one attached hydrogen (secondary N) is 2. The Kier molecular flexibility index (Phi) is 5.11. The van der Waals surface area contributed by atoms with Gasteiger partial charge in [0.05, 0.1) is 13.1 Å². The molecule has 6 heteroatoms. The van der Waals surface area contributed by atoms with Gasteiger partial charge in [0.1, 0.15) is 0 Å². The van der Waals surface area contributed by atoms with E-state index < -0.39 is 12.7 Å². The predicted molar refractivity (Wildman–Crippen MR) is 72.3 cm³/mol. The van der Waals surface area contributed by atoms with Crippen LogP contribution in [0.15, 0.2) is 0 Å². The summed E-state index contributed by atoms with van der Waals surface area (Å²) >= 11 is 0. The lowest BCUT2D eigenvalue weighted by molar-refractivity contribution is -0.129. The van der Waals surface area contributed by atoms with E-state index in [-0.39, 0.29) is 29.3 Å². The zero-order valence-corrected chi connectivity index (χ0v) is 12.7. The smallest absolute Gasteiger partial charge is 0.352 e. The zero-order chi connectivity index (χ0) is 15.6. The summed E-state index contributed by atoms with van der Waals surface area (Å²) in [7, 11) is 0. The van der Waals surface area contributed by atoms with Crippen LogP contribution in [0.1, 0.15) is 47.0 Å². The topological polar surface area (TPSA) is 41.1 Å². The molecule has 3 nitrogen and oxygen atoms in total. The van der Waals surface area contributed by atoms with Gasteiger partial charge < -0.3 is 10.6 Å². The second-order valence-electron chi connectivity index (χ2n) is 7.40. The fraction of sp³-hybridized carbons (Fsp3) is 0.929. The fourth-order valence-corrected chi connectivity index (χ4v) is 3.54. The normalized spacial score (nSPS) is 22.6. The molecule has 2 N–H and O–H groups in total. The van der Waals surface area contributed by atoms with Crippen molar-refractivity contribution in [3.63, 3.8) is 0 Å². The Morgan fingerprint density at radius 2 is 1.65 bits per heavy atom. The molecule has 0 aromatic rings.